The zero-order valence-corrected chi connectivity index (χ0v) is 35.5. The Bertz CT molecular complexity index is 1030. The lowest BCUT2D eigenvalue weighted by molar-refractivity contribution is -0.870. The smallest absolute Gasteiger partial charge is 0.331 e. The van der Waals surface area contributed by atoms with Gasteiger partial charge in [-0.2, -0.15) is 0 Å². The van der Waals surface area contributed by atoms with Crippen LogP contribution in [0.5, 0.6) is 0 Å². The van der Waals surface area contributed by atoms with Crippen molar-refractivity contribution in [1.29, 1.82) is 0 Å². The quantitative estimate of drug-likeness (QED) is 0.0602. The lowest BCUT2D eigenvalue weighted by atomic mass is 10.0. The highest BCUT2D eigenvalue weighted by Crippen LogP contribution is 2.50. The number of unbranched alkanes of at least 4 members (excludes halogenated alkanes) is 15. The van der Waals surface area contributed by atoms with Gasteiger partial charge < -0.3 is 38.6 Å². The van der Waals surface area contributed by atoms with Crippen molar-refractivity contribution in [3.63, 3.8) is 0 Å². The molecule has 318 valence electrons. The van der Waals surface area contributed by atoms with Crippen LogP contribution in [0, 0.1) is 5.92 Å². The van der Waals surface area contributed by atoms with Gasteiger partial charge in [0, 0.05) is 58.9 Å². The second-order valence-electron chi connectivity index (χ2n) is 17.0. The maximum absolute atomic E-state index is 14.5. The third-order valence-corrected chi connectivity index (χ3v) is 12.9. The first-order valence-corrected chi connectivity index (χ1v) is 23.2. The molecule has 54 heavy (non-hydrogen) atoms. The molecule has 13 nitrogen and oxygen atoms in total. The third-order valence-electron chi connectivity index (χ3n) is 10.8. The van der Waals surface area contributed by atoms with E-state index in [-0.39, 0.29) is 31.8 Å². The van der Waals surface area contributed by atoms with E-state index in [0.29, 0.717) is 63.5 Å². The molecule has 2 aliphatic rings. The minimum Gasteiger partial charge on any atom is -0.854 e. The largest absolute Gasteiger partial charge is 0.854 e. The number of fused-ring (bicyclic) bond motifs is 3. The van der Waals surface area contributed by atoms with E-state index >= 15 is 0 Å². The normalized spacial score (nSPS) is 22.2. The first-order chi connectivity index (χ1) is 25.9. The van der Waals surface area contributed by atoms with Gasteiger partial charge in [0.2, 0.25) is 0 Å². The second-order valence-corrected chi connectivity index (χ2v) is 19.1. The van der Waals surface area contributed by atoms with E-state index in [2.05, 4.69) is 30.9 Å². The number of carboxylic acids is 2. The van der Waals surface area contributed by atoms with Crippen LogP contribution in [0.1, 0.15) is 109 Å². The SMILES string of the molecule is C[N+](C)(C)CCOP(=O)(CC1CN2CCN(CCCN(CC(=O)O)CC2)CCN(CC(=O)O)C1)OCCCCCCCCCCCCCCCCCC[O-]. The first-order valence-electron chi connectivity index (χ1n) is 21.5. The average molecular weight is 790 g/mol. The summed E-state index contributed by atoms with van der Waals surface area (Å²) in [5, 5.41) is 29.8. The van der Waals surface area contributed by atoms with E-state index in [4.69, 9.17) is 9.05 Å². The number of rotatable bonds is 29. The molecule has 4 atom stereocenters. The lowest BCUT2D eigenvalue weighted by Gasteiger charge is -2.38. The van der Waals surface area contributed by atoms with Gasteiger partial charge in [-0.3, -0.25) is 24.0 Å². The average Bonchev–Trinajstić information content (AvgIpc) is 3.09. The fraction of sp³-hybridized carbons (Fsp3) is 0.950. The monoisotopic (exact) mass is 790 g/mol. The molecule has 0 aromatic heterocycles. The number of carboxylic acid groups (broad SMARTS) is 2. The van der Waals surface area contributed by atoms with E-state index in [9.17, 15) is 29.5 Å². The van der Waals surface area contributed by atoms with Crippen LogP contribution in [0.2, 0.25) is 0 Å². The number of hydrogen-bond acceptors (Lipinski definition) is 10. The van der Waals surface area contributed by atoms with Crippen LogP contribution >= 0.6 is 7.60 Å². The molecule has 2 bridgehead atoms. The van der Waals surface area contributed by atoms with Crippen molar-refractivity contribution in [2.75, 3.05) is 132 Å². The minimum atomic E-state index is -3.50. The van der Waals surface area contributed by atoms with Gasteiger partial charge in [-0.25, -0.2) is 0 Å². The summed E-state index contributed by atoms with van der Waals surface area (Å²) in [4.78, 5) is 32.2. The van der Waals surface area contributed by atoms with Crippen molar-refractivity contribution < 1.29 is 43.0 Å². The maximum Gasteiger partial charge on any atom is 0.331 e. The molecule has 0 saturated carbocycles. The standard InChI is InChI=1S/C40H80N5O8P/c1-45(2,3)29-32-53-54(51,52-31-19-17-15-13-11-9-7-5-4-6-8-10-12-14-16-18-30-46)37-38-33-43-25-23-41(24-28-44(34-38)36-40(49)50)21-20-22-42(26-27-43)35-39(47)48/h38H,4-37H2,1-3H3,(H,47,48)(H,49,50). The van der Waals surface area contributed by atoms with Crippen LogP contribution in [-0.4, -0.2) is 178 Å². The molecule has 2 saturated heterocycles. The van der Waals surface area contributed by atoms with Crippen molar-refractivity contribution in [1.82, 2.24) is 19.6 Å². The second kappa shape index (κ2) is 29.1. The van der Waals surface area contributed by atoms with Gasteiger partial charge in [-0.1, -0.05) is 96.3 Å². The van der Waals surface area contributed by atoms with E-state index < -0.39 is 19.5 Å². The van der Waals surface area contributed by atoms with Crippen molar-refractivity contribution in [2.24, 2.45) is 5.92 Å². The van der Waals surface area contributed by atoms with Gasteiger partial charge in [0.05, 0.1) is 47.0 Å². The molecule has 2 fully saturated rings. The molecule has 0 aromatic rings. The summed E-state index contributed by atoms with van der Waals surface area (Å²) in [6.07, 6.45) is 20.2. The predicted octanol–water partition coefficient (Wildman–Crippen LogP) is 4.93. The summed E-state index contributed by atoms with van der Waals surface area (Å²) in [6.45, 7) is 8.36. The van der Waals surface area contributed by atoms with Gasteiger partial charge in [0.15, 0.2) is 0 Å². The number of nitrogens with zero attached hydrogens (tertiary/aromatic N) is 5. The predicted molar refractivity (Wildman–Crippen MR) is 215 cm³/mol. The van der Waals surface area contributed by atoms with Crippen molar-refractivity contribution in [3.8, 4) is 0 Å². The molecular weight excluding hydrogens is 709 g/mol. The number of hydrogen-bond donors (Lipinski definition) is 2. The summed E-state index contributed by atoms with van der Waals surface area (Å²) in [6, 6.07) is 0. The Morgan fingerprint density at radius 1 is 0.611 bits per heavy atom. The maximum atomic E-state index is 14.5. The highest BCUT2D eigenvalue weighted by Gasteiger charge is 2.33. The minimum absolute atomic E-state index is 0.0141. The molecule has 0 aliphatic carbocycles. The van der Waals surface area contributed by atoms with Gasteiger partial charge >= 0.3 is 19.5 Å². The van der Waals surface area contributed by atoms with Crippen LogP contribution in [-0.2, 0) is 23.2 Å². The Labute approximate surface area is 328 Å². The molecule has 0 aromatic carbocycles. The van der Waals surface area contributed by atoms with Crippen molar-refractivity contribution >= 4 is 19.5 Å². The van der Waals surface area contributed by atoms with Gasteiger partial charge in [-0.15, -0.1) is 6.61 Å². The van der Waals surface area contributed by atoms with Gasteiger partial charge in [0.1, 0.15) is 13.2 Å². The Morgan fingerprint density at radius 3 is 1.63 bits per heavy atom. The fourth-order valence-corrected chi connectivity index (χ4v) is 9.50. The summed E-state index contributed by atoms with van der Waals surface area (Å²) < 4.78 is 27.6. The summed E-state index contributed by atoms with van der Waals surface area (Å²) >= 11 is 0. The highest BCUT2D eigenvalue weighted by atomic mass is 31.2. The number of aliphatic carboxylic acids is 2. The zero-order chi connectivity index (χ0) is 39.5. The van der Waals surface area contributed by atoms with Crippen molar-refractivity contribution in [3.05, 3.63) is 0 Å². The third kappa shape index (κ3) is 25.9. The van der Waals surface area contributed by atoms with Crippen LogP contribution < -0.4 is 5.11 Å². The molecule has 0 radical (unpaired) electrons. The molecule has 2 rings (SSSR count). The molecule has 14 heteroatoms. The van der Waals surface area contributed by atoms with Gasteiger partial charge in [-0.05, 0) is 25.3 Å². The van der Waals surface area contributed by atoms with Crippen LogP contribution in [0.3, 0.4) is 0 Å². The Kier molecular flexibility index (Phi) is 26.4. The van der Waals surface area contributed by atoms with Crippen molar-refractivity contribution in [2.45, 2.75) is 109 Å². The fourth-order valence-electron chi connectivity index (χ4n) is 7.58. The highest BCUT2D eigenvalue weighted by molar-refractivity contribution is 7.53. The summed E-state index contributed by atoms with van der Waals surface area (Å²) in [5.41, 5.74) is 0. The zero-order valence-electron chi connectivity index (χ0n) is 34.6. The van der Waals surface area contributed by atoms with Gasteiger partial charge in [0.25, 0.3) is 0 Å². The molecule has 0 amide bonds. The molecular formula is C40H80N5O8P. The number of likely N-dealkylation sites (N-methyl/N-ethyl adjacent to an activating group) is 1. The molecule has 0 spiro atoms. The van der Waals surface area contributed by atoms with E-state index in [1.54, 1.807) is 0 Å². The summed E-state index contributed by atoms with van der Waals surface area (Å²) in [7, 11) is 2.74. The number of carbonyl (C=O) groups is 2. The molecule has 2 aliphatic heterocycles. The van der Waals surface area contributed by atoms with Crippen LogP contribution in [0.15, 0.2) is 0 Å². The van der Waals surface area contributed by atoms with E-state index in [0.717, 1.165) is 64.7 Å². The summed E-state index contributed by atoms with van der Waals surface area (Å²) in [5.74, 6) is -1.83. The van der Waals surface area contributed by atoms with E-state index in [1.807, 2.05) is 9.80 Å². The molecule has 2 N–H and O–H groups in total. The number of quaternary nitrogens is 1. The Hall–Kier alpha value is -1.15. The first kappa shape index (κ1) is 49.0. The lowest BCUT2D eigenvalue weighted by Crippen LogP contribution is -2.50. The molecule has 4 unspecified atom stereocenters. The molecule has 2 heterocycles. The van der Waals surface area contributed by atoms with Crippen LogP contribution in [0.25, 0.3) is 0 Å². The van der Waals surface area contributed by atoms with Crippen LogP contribution in [0.4, 0.5) is 0 Å². The Morgan fingerprint density at radius 2 is 1.07 bits per heavy atom. The Balaban J connectivity index is 1.90. The van der Waals surface area contributed by atoms with E-state index in [1.165, 1.54) is 70.6 Å². The topological polar surface area (TPSA) is 146 Å².